The third kappa shape index (κ3) is 4.04. The molecule has 1 aromatic rings. The van der Waals surface area contributed by atoms with Gasteiger partial charge in [-0.05, 0) is 33.1 Å². The summed E-state index contributed by atoms with van der Waals surface area (Å²) in [5.41, 5.74) is -0.0333. The van der Waals surface area contributed by atoms with E-state index in [0.29, 0.717) is 43.7 Å². The van der Waals surface area contributed by atoms with Crippen LogP contribution in [0.2, 0.25) is 0 Å². The average Bonchev–Trinajstić information content (AvgIpc) is 2.49. The van der Waals surface area contributed by atoms with E-state index in [2.05, 4.69) is 9.97 Å². The van der Waals surface area contributed by atoms with Crippen molar-refractivity contribution >= 4 is 0 Å². The molecule has 22 heavy (non-hydrogen) atoms. The quantitative estimate of drug-likeness (QED) is 0.411. The Morgan fingerprint density at radius 2 is 1.64 bits per heavy atom. The van der Waals surface area contributed by atoms with Crippen molar-refractivity contribution in [1.29, 1.82) is 0 Å². The number of nitrogens with one attached hydrogen (secondary N) is 2. The molecule has 1 aromatic heterocycles. The second kappa shape index (κ2) is 7.68. The summed E-state index contributed by atoms with van der Waals surface area (Å²) in [6.45, 7) is 5.10. The summed E-state index contributed by atoms with van der Waals surface area (Å²) in [6.07, 6.45) is 1.69. The first kappa shape index (κ1) is 16.9. The number of fused-ring (bicyclic) bond motifs is 1. The summed E-state index contributed by atoms with van der Waals surface area (Å²) in [6, 6.07) is 0. The van der Waals surface area contributed by atoms with Crippen LogP contribution in [0, 0.1) is 5.41 Å². The highest BCUT2D eigenvalue weighted by atomic mass is 17.2. The van der Waals surface area contributed by atoms with E-state index in [9.17, 15) is 9.59 Å². The van der Waals surface area contributed by atoms with Crippen LogP contribution < -0.4 is 11.2 Å². The standard InChI is InChI=1S/C14H22N2O6/c1-3-19-21-8-14(9-22-20-4-2)6-5-11-10(7-14)12(17)16-13(18)15-11/h3-9H2,1-2H3,(H2,15,16,17,18). The maximum Gasteiger partial charge on any atom is 0.325 e. The van der Waals surface area contributed by atoms with Crippen LogP contribution in [0.1, 0.15) is 31.5 Å². The van der Waals surface area contributed by atoms with Crippen molar-refractivity contribution < 1.29 is 19.6 Å². The van der Waals surface area contributed by atoms with Gasteiger partial charge >= 0.3 is 5.69 Å². The molecular weight excluding hydrogens is 292 g/mol. The van der Waals surface area contributed by atoms with Gasteiger partial charge in [0.05, 0.1) is 26.4 Å². The molecule has 0 amide bonds. The lowest BCUT2D eigenvalue weighted by molar-refractivity contribution is -0.339. The van der Waals surface area contributed by atoms with Crippen LogP contribution in [0.5, 0.6) is 0 Å². The first-order chi connectivity index (χ1) is 10.6. The Balaban J connectivity index is 2.19. The monoisotopic (exact) mass is 314 g/mol. The zero-order chi connectivity index (χ0) is 16.0. The van der Waals surface area contributed by atoms with E-state index in [0.717, 1.165) is 0 Å². The Labute approximate surface area is 127 Å². The highest BCUT2D eigenvalue weighted by molar-refractivity contribution is 5.22. The van der Waals surface area contributed by atoms with Crippen LogP contribution in [0.4, 0.5) is 0 Å². The topological polar surface area (TPSA) is 103 Å². The van der Waals surface area contributed by atoms with Crippen LogP contribution in [0.25, 0.3) is 0 Å². The van der Waals surface area contributed by atoms with E-state index in [-0.39, 0.29) is 18.8 Å². The molecule has 0 fully saturated rings. The SMILES string of the molecule is CCOOCC1(COOCC)CCc2[nH]c(=O)[nH]c(=O)c2C1. The Morgan fingerprint density at radius 3 is 2.23 bits per heavy atom. The van der Waals surface area contributed by atoms with Gasteiger partial charge in [-0.1, -0.05) is 0 Å². The number of aromatic amines is 2. The van der Waals surface area contributed by atoms with Gasteiger partial charge < -0.3 is 4.98 Å². The molecule has 0 unspecified atom stereocenters. The van der Waals surface area contributed by atoms with E-state index in [1.54, 1.807) is 0 Å². The fourth-order valence-corrected chi connectivity index (χ4v) is 2.60. The molecule has 0 aromatic carbocycles. The van der Waals surface area contributed by atoms with E-state index in [1.807, 2.05) is 13.8 Å². The second-order valence-electron chi connectivity index (χ2n) is 5.38. The molecule has 0 saturated carbocycles. The summed E-state index contributed by atoms with van der Waals surface area (Å²) in [5.74, 6) is 0. The van der Waals surface area contributed by atoms with Crippen molar-refractivity contribution in [2.24, 2.45) is 5.41 Å². The molecule has 0 bridgehead atoms. The molecule has 2 N–H and O–H groups in total. The van der Waals surface area contributed by atoms with Gasteiger partial charge in [0.15, 0.2) is 0 Å². The van der Waals surface area contributed by atoms with Crippen molar-refractivity contribution in [2.75, 3.05) is 26.4 Å². The largest absolute Gasteiger partial charge is 0.325 e. The summed E-state index contributed by atoms with van der Waals surface area (Å²) < 4.78 is 0. The molecule has 8 nitrogen and oxygen atoms in total. The van der Waals surface area contributed by atoms with Crippen LogP contribution >= 0.6 is 0 Å². The van der Waals surface area contributed by atoms with Crippen molar-refractivity contribution in [2.45, 2.75) is 33.1 Å². The van der Waals surface area contributed by atoms with Gasteiger partial charge in [0.1, 0.15) is 0 Å². The van der Waals surface area contributed by atoms with Crippen LogP contribution in [-0.2, 0) is 32.4 Å². The number of aryl methyl sites for hydroxylation is 1. The normalized spacial score (nSPS) is 16.5. The molecule has 124 valence electrons. The molecule has 0 radical (unpaired) electrons. The Hall–Kier alpha value is -1.48. The Morgan fingerprint density at radius 1 is 1.00 bits per heavy atom. The van der Waals surface area contributed by atoms with Crippen LogP contribution in [0.3, 0.4) is 0 Å². The number of aromatic nitrogens is 2. The third-order valence-corrected chi connectivity index (χ3v) is 3.72. The van der Waals surface area contributed by atoms with Gasteiger partial charge in [-0.25, -0.2) is 24.3 Å². The first-order valence-corrected chi connectivity index (χ1v) is 7.43. The lowest BCUT2D eigenvalue weighted by atomic mass is 9.74. The van der Waals surface area contributed by atoms with E-state index in [1.165, 1.54) is 0 Å². The number of H-pyrrole nitrogens is 2. The molecule has 0 aliphatic heterocycles. The minimum absolute atomic E-state index is 0.284. The number of hydrogen-bond donors (Lipinski definition) is 2. The van der Waals surface area contributed by atoms with E-state index >= 15 is 0 Å². The van der Waals surface area contributed by atoms with Gasteiger partial charge in [0.25, 0.3) is 5.56 Å². The fourth-order valence-electron chi connectivity index (χ4n) is 2.60. The van der Waals surface area contributed by atoms with Gasteiger partial charge in [-0.3, -0.25) is 9.78 Å². The molecule has 1 aliphatic rings. The van der Waals surface area contributed by atoms with Crippen molar-refractivity contribution in [1.82, 2.24) is 9.97 Å². The van der Waals surface area contributed by atoms with E-state index in [4.69, 9.17) is 19.6 Å². The minimum atomic E-state index is -0.479. The van der Waals surface area contributed by atoms with Crippen LogP contribution in [-0.4, -0.2) is 36.4 Å². The van der Waals surface area contributed by atoms with Gasteiger partial charge in [-0.2, -0.15) is 0 Å². The zero-order valence-corrected chi connectivity index (χ0v) is 12.9. The molecule has 1 heterocycles. The van der Waals surface area contributed by atoms with Gasteiger partial charge in [0.2, 0.25) is 0 Å². The van der Waals surface area contributed by atoms with Crippen molar-refractivity contribution in [3.05, 3.63) is 32.1 Å². The number of rotatable bonds is 8. The highest BCUT2D eigenvalue weighted by Gasteiger charge is 2.38. The average molecular weight is 314 g/mol. The summed E-state index contributed by atoms with van der Waals surface area (Å²) in [4.78, 5) is 48.7. The fraction of sp³-hybridized carbons (Fsp3) is 0.714. The van der Waals surface area contributed by atoms with Crippen LogP contribution in [0.15, 0.2) is 9.59 Å². The lowest BCUT2D eigenvalue weighted by Gasteiger charge is -2.35. The molecule has 0 saturated heterocycles. The third-order valence-electron chi connectivity index (χ3n) is 3.72. The lowest BCUT2D eigenvalue weighted by Crippen LogP contribution is -2.42. The first-order valence-electron chi connectivity index (χ1n) is 7.43. The zero-order valence-electron chi connectivity index (χ0n) is 12.9. The Bertz CT molecular complexity index is 584. The molecule has 0 spiro atoms. The summed E-state index contributed by atoms with van der Waals surface area (Å²) in [7, 11) is 0. The van der Waals surface area contributed by atoms with E-state index < -0.39 is 11.1 Å². The second-order valence-corrected chi connectivity index (χ2v) is 5.38. The molecule has 1 aliphatic carbocycles. The maximum absolute atomic E-state index is 12.0. The Kier molecular flexibility index (Phi) is 5.90. The van der Waals surface area contributed by atoms with Gasteiger partial charge in [0, 0.05) is 16.7 Å². The highest BCUT2D eigenvalue weighted by Crippen LogP contribution is 2.34. The molecular formula is C14H22N2O6. The van der Waals surface area contributed by atoms with Crippen molar-refractivity contribution in [3.63, 3.8) is 0 Å². The number of hydrogen-bond acceptors (Lipinski definition) is 6. The van der Waals surface area contributed by atoms with Gasteiger partial charge in [-0.15, -0.1) is 0 Å². The molecule has 8 heteroatoms. The predicted molar refractivity (Wildman–Crippen MR) is 77.3 cm³/mol. The maximum atomic E-state index is 12.0. The predicted octanol–water partition coefficient (Wildman–Crippen LogP) is 0.474. The minimum Gasteiger partial charge on any atom is -0.311 e. The summed E-state index contributed by atoms with van der Waals surface area (Å²) >= 11 is 0. The smallest absolute Gasteiger partial charge is 0.311 e. The van der Waals surface area contributed by atoms with Crippen molar-refractivity contribution in [3.8, 4) is 0 Å². The summed E-state index contributed by atoms with van der Waals surface area (Å²) in [5, 5.41) is 0. The molecule has 2 rings (SSSR count). The molecule has 0 atom stereocenters.